The first-order chi connectivity index (χ1) is 15.5. The third-order valence-corrected chi connectivity index (χ3v) is 5.41. The van der Waals surface area contributed by atoms with Gasteiger partial charge in [-0.25, -0.2) is 0 Å². The van der Waals surface area contributed by atoms with Crippen LogP contribution in [0, 0.1) is 11.3 Å². The number of hydrogen-bond donors (Lipinski definition) is 1. The molecule has 168 valence electrons. The van der Waals surface area contributed by atoms with Gasteiger partial charge in [0.25, 0.3) is 5.91 Å². The molecule has 2 aromatic carbocycles. The second-order valence-electron chi connectivity index (χ2n) is 7.48. The standard InChI is InChI=1S/C24H28N4O4/c1-3-19-6-4-5-7-20(19)26-23(29)16-27-10-12-28(13-11-27)24(30)17-32-21-9-8-18(15-25)14-22(21)31-2/h4-9,14H,3,10-13,16-17H2,1-2H3,(H,26,29). The lowest BCUT2D eigenvalue weighted by Gasteiger charge is -2.34. The molecule has 1 aliphatic rings. The minimum atomic E-state index is -0.127. The summed E-state index contributed by atoms with van der Waals surface area (Å²) < 4.78 is 10.8. The van der Waals surface area contributed by atoms with Gasteiger partial charge in [0.1, 0.15) is 0 Å². The Labute approximate surface area is 188 Å². The van der Waals surface area contributed by atoms with Crippen molar-refractivity contribution in [3.63, 3.8) is 0 Å². The van der Waals surface area contributed by atoms with Crippen LogP contribution in [0.15, 0.2) is 42.5 Å². The summed E-state index contributed by atoms with van der Waals surface area (Å²) in [5, 5.41) is 12.0. The van der Waals surface area contributed by atoms with Gasteiger partial charge in [0.05, 0.1) is 25.3 Å². The van der Waals surface area contributed by atoms with Gasteiger partial charge in [0.15, 0.2) is 18.1 Å². The predicted octanol–water partition coefficient (Wildman–Crippen LogP) is 2.29. The summed E-state index contributed by atoms with van der Waals surface area (Å²) in [6.45, 7) is 4.54. The minimum Gasteiger partial charge on any atom is -0.493 e. The number of aryl methyl sites for hydroxylation is 1. The summed E-state index contributed by atoms with van der Waals surface area (Å²) in [6.07, 6.45) is 0.855. The van der Waals surface area contributed by atoms with Crippen LogP contribution in [0.1, 0.15) is 18.1 Å². The zero-order valence-corrected chi connectivity index (χ0v) is 18.5. The molecule has 0 unspecified atom stereocenters. The van der Waals surface area contributed by atoms with Crippen molar-refractivity contribution in [3.05, 3.63) is 53.6 Å². The topological polar surface area (TPSA) is 94.9 Å². The number of benzene rings is 2. The van der Waals surface area contributed by atoms with Crippen LogP contribution in [0.25, 0.3) is 0 Å². The highest BCUT2D eigenvalue weighted by atomic mass is 16.5. The van der Waals surface area contributed by atoms with Gasteiger partial charge in [0.2, 0.25) is 5.91 Å². The van der Waals surface area contributed by atoms with Gasteiger partial charge in [-0.3, -0.25) is 14.5 Å². The number of piperazine rings is 1. The SMILES string of the molecule is CCc1ccccc1NC(=O)CN1CCN(C(=O)COc2ccc(C#N)cc2OC)CC1. The van der Waals surface area contributed by atoms with Crippen LogP contribution in [-0.2, 0) is 16.0 Å². The Kier molecular flexibility index (Phi) is 8.06. The number of methoxy groups -OCH3 is 1. The summed E-state index contributed by atoms with van der Waals surface area (Å²) in [6, 6.07) is 14.6. The maximum absolute atomic E-state index is 12.5. The van der Waals surface area contributed by atoms with Crippen LogP contribution in [0.3, 0.4) is 0 Å². The largest absolute Gasteiger partial charge is 0.493 e. The number of rotatable bonds is 8. The summed E-state index contributed by atoms with van der Waals surface area (Å²) in [7, 11) is 1.49. The summed E-state index contributed by atoms with van der Waals surface area (Å²) >= 11 is 0. The van der Waals surface area contributed by atoms with E-state index in [4.69, 9.17) is 14.7 Å². The lowest BCUT2D eigenvalue weighted by Crippen LogP contribution is -2.51. The van der Waals surface area contributed by atoms with E-state index < -0.39 is 0 Å². The summed E-state index contributed by atoms with van der Waals surface area (Å²) in [4.78, 5) is 28.8. The first-order valence-electron chi connectivity index (χ1n) is 10.6. The molecule has 2 aromatic rings. The predicted molar refractivity (Wildman–Crippen MR) is 121 cm³/mol. The highest BCUT2D eigenvalue weighted by molar-refractivity contribution is 5.93. The van der Waals surface area contributed by atoms with Crippen LogP contribution < -0.4 is 14.8 Å². The van der Waals surface area contributed by atoms with Crippen molar-refractivity contribution in [2.24, 2.45) is 0 Å². The van der Waals surface area contributed by atoms with E-state index in [2.05, 4.69) is 12.2 Å². The molecule has 1 heterocycles. The third kappa shape index (κ3) is 5.99. The van der Waals surface area contributed by atoms with Gasteiger partial charge in [-0.15, -0.1) is 0 Å². The van der Waals surface area contributed by atoms with E-state index in [-0.39, 0.29) is 18.4 Å². The Morgan fingerprint density at radius 2 is 1.84 bits per heavy atom. The van der Waals surface area contributed by atoms with Crippen LogP contribution >= 0.6 is 0 Å². The molecular weight excluding hydrogens is 408 g/mol. The zero-order chi connectivity index (χ0) is 22.9. The molecule has 1 aliphatic heterocycles. The Balaban J connectivity index is 1.44. The fraction of sp³-hybridized carbons (Fsp3) is 0.375. The highest BCUT2D eigenvalue weighted by Gasteiger charge is 2.23. The van der Waals surface area contributed by atoms with Crippen molar-refractivity contribution in [1.29, 1.82) is 5.26 Å². The van der Waals surface area contributed by atoms with Crippen molar-refractivity contribution in [2.75, 3.05) is 51.8 Å². The van der Waals surface area contributed by atoms with E-state index in [0.717, 1.165) is 17.7 Å². The molecule has 1 N–H and O–H groups in total. The number of nitrogens with zero attached hydrogens (tertiary/aromatic N) is 3. The molecule has 0 saturated carbocycles. The molecule has 0 atom stereocenters. The number of nitrogens with one attached hydrogen (secondary N) is 1. The van der Waals surface area contributed by atoms with Crippen LogP contribution in [0.5, 0.6) is 11.5 Å². The van der Waals surface area contributed by atoms with E-state index in [1.54, 1.807) is 23.1 Å². The van der Waals surface area contributed by atoms with Gasteiger partial charge in [0, 0.05) is 37.9 Å². The number of ether oxygens (including phenoxy) is 2. The van der Waals surface area contributed by atoms with E-state index in [1.165, 1.54) is 7.11 Å². The molecule has 0 aromatic heterocycles. The second-order valence-corrected chi connectivity index (χ2v) is 7.48. The van der Waals surface area contributed by atoms with E-state index >= 15 is 0 Å². The van der Waals surface area contributed by atoms with Crippen molar-refractivity contribution in [1.82, 2.24) is 9.80 Å². The van der Waals surface area contributed by atoms with Gasteiger partial charge in [-0.2, -0.15) is 5.26 Å². The fourth-order valence-electron chi connectivity index (χ4n) is 3.59. The van der Waals surface area contributed by atoms with Crippen LogP contribution in [-0.4, -0.2) is 68.1 Å². The first-order valence-corrected chi connectivity index (χ1v) is 10.6. The quantitative estimate of drug-likeness (QED) is 0.682. The minimum absolute atomic E-state index is 0.0538. The summed E-state index contributed by atoms with van der Waals surface area (Å²) in [5.74, 6) is 0.652. The third-order valence-electron chi connectivity index (χ3n) is 5.41. The molecule has 1 fully saturated rings. The fourth-order valence-corrected chi connectivity index (χ4v) is 3.59. The molecule has 0 bridgehead atoms. The number of amides is 2. The number of para-hydroxylation sites is 1. The molecule has 1 saturated heterocycles. The molecule has 0 aliphatic carbocycles. The lowest BCUT2D eigenvalue weighted by molar-refractivity contribution is -0.135. The number of carbonyl (C=O) groups excluding carboxylic acids is 2. The Hall–Kier alpha value is -3.57. The molecule has 0 spiro atoms. The van der Waals surface area contributed by atoms with Gasteiger partial charge in [-0.1, -0.05) is 25.1 Å². The number of anilines is 1. The summed E-state index contributed by atoms with van der Waals surface area (Å²) in [5.41, 5.74) is 2.42. The number of carbonyl (C=O) groups is 2. The smallest absolute Gasteiger partial charge is 0.260 e. The van der Waals surface area contributed by atoms with E-state index in [1.807, 2.05) is 35.2 Å². The Morgan fingerprint density at radius 3 is 2.53 bits per heavy atom. The molecule has 0 radical (unpaired) electrons. The highest BCUT2D eigenvalue weighted by Crippen LogP contribution is 2.27. The molecule has 32 heavy (non-hydrogen) atoms. The maximum Gasteiger partial charge on any atom is 0.260 e. The van der Waals surface area contributed by atoms with Crippen LogP contribution in [0.4, 0.5) is 5.69 Å². The molecule has 8 heteroatoms. The van der Waals surface area contributed by atoms with Gasteiger partial charge in [-0.05, 0) is 30.2 Å². The molecule has 8 nitrogen and oxygen atoms in total. The monoisotopic (exact) mass is 436 g/mol. The average molecular weight is 437 g/mol. The second kappa shape index (κ2) is 11.2. The zero-order valence-electron chi connectivity index (χ0n) is 18.5. The van der Waals surface area contributed by atoms with E-state index in [0.29, 0.717) is 49.8 Å². The van der Waals surface area contributed by atoms with Crippen molar-refractivity contribution < 1.29 is 19.1 Å². The molecule has 3 rings (SSSR count). The molecule has 2 amide bonds. The lowest BCUT2D eigenvalue weighted by atomic mass is 10.1. The normalized spacial score (nSPS) is 13.8. The van der Waals surface area contributed by atoms with E-state index in [9.17, 15) is 9.59 Å². The number of hydrogen-bond acceptors (Lipinski definition) is 6. The van der Waals surface area contributed by atoms with Crippen LogP contribution in [0.2, 0.25) is 0 Å². The van der Waals surface area contributed by atoms with Crippen molar-refractivity contribution in [2.45, 2.75) is 13.3 Å². The average Bonchev–Trinajstić information content (AvgIpc) is 2.83. The Morgan fingerprint density at radius 1 is 1.09 bits per heavy atom. The van der Waals surface area contributed by atoms with Gasteiger partial charge >= 0.3 is 0 Å². The Bertz CT molecular complexity index is 994. The first kappa shape index (κ1) is 23.1. The number of nitriles is 1. The van der Waals surface area contributed by atoms with Crippen molar-refractivity contribution in [3.8, 4) is 17.6 Å². The van der Waals surface area contributed by atoms with Crippen molar-refractivity contribution >= 4 is 17.5 Å². The maximum atomic E-state index is 12.5. The molecular formula is C24H28N4O4. The van der Waals surface area contributed by atoms with Gasteiger partial charge < -0.3 is 19.7 Å².